The highest BCUT2D eigenvalue weighted by Crippen LogP contribution is 2.62. The van der Waals surface area contributed by atoms with E-state index in [2.05, 4.69) is 107 Å². The molecule has 1 unspecified atom stereocenters. The largest absolute Gasteiger partial charge is 0.414 e. The van der Waals surface area contributed by atoms with Crippen molar-refractivity contribution < 1.29 is 18.8 Å². The zero-order chi connectivity index (χ0) is 35.4. The van der Waals surface area contributed by atoms with Gasteiger partial charge in [0.25, 0.3) is 0 Å². The summed E-state index contributed by atoms with van der Waals surface area (Å²) in [6.07, 6.45) is 19.8. The Hall–Kier alpha value is -0.796. The minimum atomic E-state index is -1.91. The van der Waals surface area contributed by atoms with Crippen LogP contribution in [0.4, 0.5) is 0 Å². The summed E-state index contributed by atoms with van der Waals surface area (Å²) in [6.45, 7) is 32.5. The Morgan fingerprint density at radius 3 is 1.87 bits per heavy atom. The second-order valence-electron chi connectivity index (χ2n) is 20.1. The van der Waals surface area contributed by atoms with Crippen molar-refractivity contribution in [3.05, 3.63) is 35.5 Å². The molecule has 6 heteroatoms. The van der Waals surface area contributed by atoms with E-state index in [1.807, 2.05) is 6.08 Å². The highest BCUT2D eigenvalue weighted by atomic mass is 28.4. The number of Topliss-reactive ketones (excluding diaryl/α,β-unsaturated/α-hetero) is 1. The molecule has 0 aromatic carbocycles. The van der Waals surface area contributed by atoms with Crippen molar-refractivity contribution in [1.82, 2.24) is 0 Å². The van der Waals surface area contributed by atoms with Gasteiger partial charge < -0.3 is 14.0 Å². The van der Waals surface area contributed by atoms with Crippen molar-refractivity contribution in [2.45, 2.75) is 188 Å². The average Bonchev–Trinajstić information content (AvgIpc) is 3.65. The van der Waals surface area contributed by atoms with Crippen molar-refractivity contribution in [2.24, 2.45) is 28.1 Å². The molecule has 6 atom stereocenters. The molecule has 4 aliphatic rings. The normalized spacial score (nSPS) is 32.1. The smallest absolute Gasteiger partial charge is 0.192 e. The van der Waals surface area contributed by atoms with Crippen molar-refractivity contribution >= 4 is 22.4 Å². The van der Waals surface area contributed by atoms with Gasteiger partial charge in [0.1, 0.15) is 5.78 Å². The summed E-state index contributed by atoms with van der Waals surface area (Å²) >= 11 is 0. The van der Waals surface area contributed by atoms with Gasteiger partial charge in [-0.2, -0.15) is 0 Å². The van der Waals surface area contributed by atoms with E-state index in [4.69, 9.17) is 8.85 Å². The lowest BCUT2D eigenvalue weighted by atomic mass is 9.57. The molecule has 0 amide bonds. The predicted molar refractivity (Wildman–Crippen MR) is 204 cm³/mol. The molecule has 1 N–H and O–H groups in total. The Bertz CT molecular complexity index is 1200. The third-order valence-corrected chi connectivity index (χ3v) is 23.3. The maximum atomic E-state index is 12.2. The number of carbonyl (C=O) groups excluding carboxylic acids is 1. The Labute approximate surface area is 291 Å². The second kappa shape index (κ2) is 13.4. The summed E-state index contributed by atoms with van der Waals surface area (Å²) in [5.74, 6) is 1.28. The van der Waals surface area contributed by atoms with E-state index in [0.717, 1.165) is 32.1 Å². The molecule has 4 rings (SSSR count). The summed E-state index contributed by atoms with van der Waals surface area (Å²) in [5, 5.41) is 11.3. The van der Waals surface area contributed by atoms with E-state index >= 15 is 0 Å². The Morgan fingerprint density at radius 1 is 0.872 bits per heavy atom. The lowest BCUT2D eigenvalue weighted by molar-refractivity contribution is -0.124. The number of hydrogen-bond donors (Lipinski definition) is 1. The Morgan fingerprint density at radius 2 is 1.40 bits per heavy atom. The number of ketones is 1. The lowest BCUT2D eigenvalue weighted by Gasteiger charge is -2.47. The monoisotopic (exact) mass is 684 g/mol. The molecular weight excluding hydrogens is 613 g/mol. The molecule has 47 heavy (non-hydrogen) atoms. The van der Waals surface area contributed by atoms with E-state index in [1.165, 1.54) is 37.7 Å². The first kappa shape index (κ1) is 39.0. The van der Waals surface area contributed by atoms with Crippen LogP contribution in [0.15, 0.2) is 35.5 Å². The maximum absolute atomic E-state index is 12.2. The summed E-state index contributed by atoms with van der Waals surface area (Å²) in [5.41, 5.74) is 2.81. The fourth-order valence-electron chi connectivity index (χ4n) is 8.95. The molecule has 0 aromatic rings. The molecule has 0 aromatic heterocycles. The number of aliphatic hydroxyl groups is 1. The molecule has 268 valence electrons. The van der Waals surface area contributed by atoms with Gasteiger partial charge in [0.05, 0.1) is 23.7 Å². The topological polar surface area (TPSA) is 55.8 Å². The SMILES string of the molecule is CC(=O)C1(C(O)/C=C/C(C)(C)[C@H]2CC[C@H]3/C(=C/C=C4C[C@@H](O[Si](C)(C)C(C)(C)C)C[C@H](O[Si](C)(C)C(C)(C)C)C4)CCC[C@]23C)CC1. The molecule has 0 bridgehead atoms. The number of rotatable bonds is 10. The van der Waals surface area contributed by atoms with Crippen LogP contribution in [0.25, 0.3) is 0 Å². The fourth-order valence-corrected chi connectivity index (χ4v) is 11.7. The minimum Gasteiger partial charge on any atom is -0.414 e. The molecule has 4 aliphatic carbocycles. The standard InChI is InChI=1S/C41H72O4Si2/c1-29(42)41(24-25-41)36(43)21-23-39(8,9)35-20-19-34-31(16-15-22-40(34,35)10)18-17-30-26-32(44-46(11,12)37(2,3)4)28-33(27-30)45-47(13,14)38(5,6)7/h17-18,21,23,32-36,43H,15-16,19-20,22,24-28H2,1-14H3/b23-21+,31-18+/t32-,33-,34+,35-,36?,40+/m1/s1. The van der Waals surface area contributed by atoms with Crippen LogP contribution in [0.1, 0.15) is 133 Å². The van der Waals surface area contributed by atoms with E-state index in [1.54, 1.807) is 12.5 Å². The van der Waals surface area contributed by atoms with Crippen LogP contribution in [0.5, 0.6) is 0 Å². The Balaban J connectivity index is 1.55. The van der Waals surface area contributed by atoms with Gasteiger partial charge in [-0.05, 0) is 130 Å². The molecule has 0 spiro atoms. The quantitative estimate of drug-likeness (QED) is 0.184. The number of hydrogen-bond acceptors (Lipinski definition) is 4. The number of aliphatic hydroxyl groups excluding tert-OH is 1. The van der Waals surface area contributed by atoms with E-state index in [0.29, 0.717) is 11.8 Å². The first-order valence-corrected chi connectivity index (χ1v) is 24.8. The summed E-state index contributed by atoms with van der Waals surface area (Å²) in [6, 6.07) is 0. The third-order valence-electron chi connectivity index (χ3n) is 14.2. The molecule has 4 fully saturated rings. The van der Waals surface area contributed by atoms with Gasteiger partial charge in [0.2, 0.25) is 0 Å². The highest BCUT2D eigenvalue weighted by Gasteiger charge is 2.55. The van der Waals surface area contributed by atoms with Crippen LogP contribution in [0, 0.1) is 28.1 Å². The van der Waals surface area contributed by atoms with E-state index in [9.17, 15) is 9.90 Å². The molecule has 0 saturated heterocycles. The third kappa shape index (κ3) is 8.24. The van der Waals surface area contributed by atoms with Gasteiger partial charge in [-0.15, -0.1) is 0 Å². The number of carbonyl (C=O) groups is 1. The summed E-state index contributed by atoms with van der Waals surface area (Å²) in [7, 11) is -3.81. The van der Waals surface area contributed by atoms with Crippen molar-refractivity contribution in [1.29, 1.82) is 0 Å². The molecular formula is C41H72O4Si2. The van der Waals surface area contributed by atoms with Crippen LogP contribution in [-0.4, -0.2) is 45.8 Å². The zero-order valence-corrected chi connectivity index (χ0v) is 34.9. The second-order valence-corrected chi connectivity index (χ2v) is 29.6. The van der Waals surface area contributed by atoms with Crippen molar-refractivity contribution in [2.75, 3.05) is 0 Å². The molecule has 4 nitrogen and oxygen atoms in total. The average molecular weight is 685 g/mol. The molecule has 0 aliphatic heterocycles. The molecule has 0 radical (unpaired) electrons. The van der Waals surface area contributed by atoms with Crippen LogP contribution < -0.4 is 0 Å². The van der Waals surface area contributed by atoms with Gasteiger partial charge >= 0.3 is 0 Å². The first-order chi connectivity index (χ1) is 21.3. The van der Waals surface area contributed by atoms with Crippen LogP contribution >= 0.6 is 0 Å². The lowest BCUT2D eigenvalue weighted by Crippen LogP contribution is -2.48. The van der Waals surface area contributed by atoms with Crippen molar-refractivity contribution in [3.8, 4) is 0 Å². The van der Waals surface area contributed by atoms with Gasteiger partial charge in [-0.25, -0.2) is 0 Å². The number of fused-ring (bicyclic) bond motifs is 1. The number of allylic oxidation sites excluding steroid dienone is 4. The summed E-state index contributed by atoms with van der Waals surface area (Å²) in [4.78, 5) is 12.2. The van der Waals surface area contributed by atoms with Crippen LogP contribution in [-0.2, 0) is 13.6 Å². The zero-order valence-electron chi connectivity index (χ0n) is 32.9. The predicted octanol–water partition coefficient (Wildman–Crippen LogP) is 11.3. The van der Waals surface area contributed by atoms with Gasteiger partial charge in [0.15, 0.2) is 16.6 Å². The van der Waals surface area contributed by atoms with E-state index in [-0.39, 0.29) is 38.9 Å². The molecule has 4 saturated carbocycles. The van der Waals surface area contributed by atoms with Crippen LogP contribution in [0.3, 0.4) is 0 Å². The maximum Gasteiger partial charge on any atom is 0.192 e. The minimum absolute atomic E-state index is 0.0375. The highest BCUT2D eigenvalue weighted by molar-refractivity contribution is 6.74. The first-order valence-electron chi connectivity index (χ1n) is 19.0. The van der Waals surface area contributed by atoms with Crippen molar-refractivity contribution in [3.63, 3.8) is 0 Å². The van der Waals surface area contributed by atoms with Gasteiger partial charge in [0, 0.05) is 0 Å². The Kier molecular flexibility index (Phi) is 11.1. The van der Waals surface area contributed by atoms with E-state index < -0.39 is 28.2 Å². The van der Waals surface area contributed by atoms with Gasteiger partial charge in [-0.3, -0.25) is 4.79 Å². The summed E-state index contributed by atoms with van der Waals surface area (Å²) < 4.78 is 14.2. The fraction of sp³-hybridized carbons (Fsp3) is 0.829. The van der Waals surface area contributed by atoms with Gasteiger partial charge in [-0.1, -0.05) is 97.8 Å². The van der Waals surface area contributed by atoms with Crippen LogP contribution in [0.2, 0.25) is 36.3 Å². The molecule has 0 heterocycles.